The van der Waals surface area contributed by atoms with E-state index in [1.165, 1.54) is 5.56 Å². The van der Waals surface area contributed by atoms with Crippen LogP contribution in [0.1, 0.15) is 19.4 Å². The van der Waals surface area contributed by atoms with Gasteiger partial charge in [-0.25, -0.2) is 0 Å². The van der Waals surface area contributed by atoms with E-state index in [1.807, 2.05) is 24.3 Å². The smallest absolute Gasteiger partial charge is 0.320 e. The zero-order valence-corrected chi connectivity index (χ0v) is 12.3. The van der Waals surface area contributed by atoms with Crippen molar-refractivity contribution in [1.82, 2.24) is 4.90 Å². The van der Waals surface area contributed by atoms with Crippen molar-refractivity contribution in [2.75, 3.05) is 32.1 Å². The molecule has 0 aliphatic carbocycles. The number of rotatable bonds is 7. The maximum absolute atomic E-state index is 11.9. The second-order valence-corrected chi connectivity index (χ2v) is 4.58. The van der Waals surface area contributed by atoms with E-state index in [2.05, 4.69) is 12.2 Å². The maximum Gasteiger partial charge on any atom is 0.320 e. The van der Waals surface area contributed by atoms with E-state index in [0.717, 1.165) is 12.1 Å². The molecule has 0 fully saturated rings. The van der Waals surface area contributed by atoms with E-state index in [0.29, 0.717) is 6.61 Å². The van der Waals surface area contributed by atoms with Crippen molar-refractivity contribution in [3.63, 3.8) is 0 Å². The summed E-state index contributed by atoms with van der Waals surface area (Å²) in [5.41, 5.74) is 1.95. The number of hydrogen-bond donors (Lipinski definition) is 1. The molecule has 0 atom stereocenters. The van der Waals surface area contributed by atoms with Crippen molar-refractivity contribution in [3.05, 3.63) is 29.8 Å². The maximum atomic E-state index is 11.9. The first-order chi connectivity index (χ1) is 9.55. The molecule has 1 rings (SSSR count). The number of benzene rings is 1. The van der Waals surface area contributed by atoms with Gasteiger partial charge in [0.05, 0.1) is 19.7 Å². The average molecular weight is 278 g/mol. The van der Waals surface area contributed by atoms with Gasteiger partial charge in [-0.05, 0) is 38.1 Å². The average Bonchev–Trinajstić information content (AvgIpc) is 2.38. The number of esters is 1. The van der Waals surface area contributed by atoms with Gasteiger partial charge in [0.2, 0.25) is 5.91 Å². The van der Waals surface area contributed by atoms with Gasteiger partial charge in [0.1, 0.15) is 0 Å². The molecule has 1 aromatic rings. The van der Waals surface area contributed by atoms with Crippen molar-refractivity contribution in [1.29, 1.82) is 0 Å². The Hall–Kier alpha value is -1.88. The molecule has 1 amide bonds. The van der Waals surface area contributed by atoms with Crippen LogP contribution >= 0.6 is 0 Å². The first-order valence-corrected chi connectivity index (χ1v) is 6.78. The van der Waals surface area contributed by atoms with E-state index in [4.69, 9.17) is 4.74 Å². The van der Waals surface area contributed by atoms with Crippen LogP contribution in [-0.4, -0.2) is 43.5 Å². The van der Waals surface area contributed by atoms with E-state index in [-0.39, 0.29) is 25.0 Å². The predicted molar refractivity (Wildman–Crippen MR) is 78.6 cm³/mol. The molecule has 110 valence electrons. The summed E-state index contributed by atoms with van der Waals surface area (Å²) in [7, 11) is 1.71. The van der Waals surface area contributed by atoms with Crippen LogP contribution in [-0.2, 0) is 20.7 Å². The lowest BCUT2D eigenvalue weighted by atomic mass is 10.1. The van der Waals surface area contributed by atoms with E-state index in [9.17, 15) is 9.59 Å². The highest BCUT2D eigenvalue weighted by Crippen LogP contribution is 2.10. The minimum Gasteiger partial charge on any atom is -0.465 e. The quantitative estimate of drug-likeness (QED) is 0.771. The van der Waals surface area contributed by atoms with E-state index < -0.39 is 0 Å². The van der Waals surface area contributed by atoms with Gasteiger partial charge in [-0.1, -0.05) is 19.1 Å². The van der Waals surface area contributed by atoms with Gasteiger partial charge in [-0.15, -0.1) is 0 Å². The first-order valence-electron chi connectivity index (χ1n) is 6.78. The third kappa shape index (κ3) is 5.84. The minimum absolute atomic E-state index is 0.107. The molecule has 0 saturated heterocycles. The van der Waals surface area contributed by atoms with Crippen molar-refractivity contribution in [2.24, 2.45) is 0 Å². The predicted octanol–water partition coefficient (Wildman–Crippen LogP) is 1.68. The van der Waals surface area contributed by atoms with Crippen LogP contribution in [0, 0.1) is 0 Å². The third-order valence-electron chi connectivity index (χ3n) is 2.74. The first kappa shape index (κ1) is 16.2. The molecule has 0 aliphatic rings. The van der Waals surface area contributed by atoms with Crippen molar-refractivity contribution >= 4 is 17.6 Å². The minimum atomic E-state index is -0.323. The summed E-state index contributed by atoms with van der Waals surface area (Å²) in [6, 6.07) is 7.73. The Morgan fingerprint density at radius 2 is 2.00 bits per heavy atom. The molecule has 0 aromatic heterocycles. The molecule has 5 nitrogen and oxygen atoms in total. The highest BCUT2D eigenvalue weighted by Gasteiger charge is 2.11. The Morgan fingerprint density at radius 1 is 1.25 bits per heavy atom. The number of ether oxygens (including phenoxy) is 1. The largest absolute Gasteiger partial charge is 0.465 e. The molecule has 0 saturated carbocycles. The second-order valence-electron chi connectivity index (χ2n) is 4.58. The lowest BCUT2D eigenvalue weighted by Gasteiger charge is -2.15. The molecule has 5 heteroatoms. The van der Waals surface area contributed by atoms with Crippen LogP contribution in [0.5, 0.6) is 0 Å². The number of amides is 1. The fourth-order valence-corrected chi connectivity index (χ4v) is 1.80. The van der Waals surface area contributed by atoms with Gasteiger partial charge in [-0.2, -0.15) is 0 Å². The van der Waals surface area contributed by atoms with Gasteiger partial charge in [0.15, 0.2) is 0 Å². The number of nitrogens with zero attached hydrogens (tertiary/aromatic N) is 1. The molecule has 0 bridgehead atoms. The number of nitrogens with one attached hydrogen (secondary N) is 1. The number of aryl methyl sites for hydroxylation is 1. The molecular formula is C15H22N2O3. The second kappa shape index (κ2) is 8.32. The number of carbonyl (C=O) groups excluding carboxylic acids is 2. The molecule has 1 N–H and O–H groups in total. The van der Waals surface area contributed by atoms with Gasteiger partial charge in [-0.3, -0.25) is 14.5 Å². The normalized spacial score (nSPS) is 10.4. The van der Waals surface area contributed by atoms with Crippen molar-refractivity contribution < 1.29 is 14.3 Å². The fourth-order valence-electron chi connectivity index (χ4n) is 1.80. The summed E-state index contributed by atoms with van der Waals surface area (Å²) < 4.78 is 4.83. The van der Waals surface area contributed by atoms with Crippen LogP contribution in [0.2, 0.25) is 0 Å². The van der Waals surface area contributed by atoms with Crippen LogP contribution in [0.3, 0.4) is 0 Å². The molecule has 0 aliphatic heterocycles. The van der Waals surface area contributed by atoms with Crippen LogP contribution in [0.15, 0.2) is 24.3 Å². The summed E-state index contributed by atoms with van der Waals surface area (Å²) in [5, 5.41) is 2.82. The van der Waals surface area contributed by atoms with Crippen LogP contribution in [0.4, 0.5) is 5.69 Å². The molecule has 1 aromatic carbocycles. The summed E-state index contributed by atoms with van der Waals surface area (Å²) in [6.07, 6.45) is 0.923. The van der Waals surface area contributed by atoms with E-state index in [1.54, 1.807) is 18.9 Å². The highest BCUT2D eigenvalue weighted by molar-refractivity contribution is 5.92. The number of hydrogen-bond acceptors (Lipinski definition) is 4. The van der Waals surface area contributed by atoms with Gasteiger partial charge in [0.25, 0.3) is 0 Å². The zero-order chi connectivity index (χ0) is 15.0. The Balaban J connectivity index is 2.44. The van der Waals surface area contributed by atoms with E-state index >= 15 is 0 Å². The lowest BCUT2D eigenvalue weighted by Crippen LogP contribution is -2.34. The van der Waals surface area contributed by atoms with Crippen LogP contribution < -0.4 is 5.32 Å². The summed E-state index contributed by atoms with van der Waals surface area (Å²) in [6.45, 7) is 4.42. The Morgan fingerprint density at radius 3 is 2.65 bits per heavy atom. The summed E-state index contributed by atoms with van der Waals surface area (Å²) in [5.74, 6) is -0.471. The fraction of sp³-hybridized carbons (Fsp3) is 0.467. The zero-order valence-electron chi connectivity index (χ0n) is 12.3. The van der Waals surface area contributed by atoms with Crippen molar-refractivity contribution in [2.45, 2.75) is 20.3 Å². The van der Waals surface area contributed by atoms with Gasteiger partial charge in [0, 0.05) is 5.69 Å². The molecule has 0 heterocycles. The SMILES string of the molecule is CCOC(=O)CN(C)CC(=O)Nc1cccc(CC)c1. The third-order valence-corrected chi connectivity index (χ3v) is 2.74. The molecule has 0 spiro atoms. The Kier molecular flexibility index (Phi) is 6.73. The lowest BCUT2D eigenvalue weighted by molar-refractivity contribution is -0.144. The number of likely N-dealkylation sites (N-methyl/N-ethyl adjacent to an activating group) is 1. The number of anilines is 1. The van der Waals surface area contributed by atoms with Crippen molar-refractivity contribution in [3.8, 4) is 0 Å². The standard InChI is InChI=1S/C15H22N2O3/c1-4-12-7-6-8-13(9-12)16-14(18)10-17(3)11-15(19)20-5-2/h6-9H,4-5,10-11H2,1-3H3,(H,16,18). The number of carbonyl (C=O) groups is 2. The molecular weight excluding hydrogens is 256 g/mol. The van der Waals surface area contributed by atoms with Gasteiger partial charge >= 0.3 is 5.97 Å². The van der Waals surface area contributed by atoms with Gasteiger partial charge < -0.3 is 10.1 Å². The Labute approximate surface area is 119 Å². The monoisotopic (exact) mass is 278 g/mol. The molecule has 0 radical (unpaired) electrons. The molecule has 20 heavy (non-hydrogen) atoms. The molecule has 0 unspecified atom stereocenters. The highest BCUT2D eigenvalue weighted by atomic mass is 16.5. The summed E-state index contributed by atoms with van der Waals surface area (Å²) >= 11 is 0. The Bertz CT molecular complexity index is 460. The van der Waals surface area contributed by atoms with Crippen LogP contribution in [0.25, 0.3) is 0 Å². The topological polar surface area (TPSA) is 58.6 Å². The summed E-state index contributed by atoms with van der Waals surface area (Å²) in [4.78, 5) is 24.8.